The summed E-state index contributed by atoms with van der Waals surface area (Å²) in [6, 6.07) is 15.3. The Morgan fingerprint density at radius 3 is 2.47 bits per heavy atom. The van der Waals surface area contributed by atoms with Crippen molar-refractivity contribution in [1.82, 2.24) is 20.1 Å². The average Bonchev–Trinajstić information content (AvgIpc) is 3.14. The summed E-state index contributed by atoms with van der Waals surface area (Å²) in [7, 11) is 0. The number of nitrogens with zero attached hydrogens (tertiary/aromatic N) is 3. The first-order valence-electron chi connectivity index (χ1n) is 10.1. The number of aryl methyl sites for hydroxylation is 1. The maximum absolute atomic E-state index is 12.8. The molecule has 3 rings (SSSR count). The van der Waals surface area contributed by atoms with Crippen LogP contribution in [0.25, 0.3) is 0 Å². The summed E-state index contributed by atoms with van der Waals surface area (Å²) in [5.74, 6) is 1.51. The molecule has 0 aliphatic heterocycles. The van der Waals surface area contributed by atoms with Crippen molar-refractivity contribution in [2.45, 2.75) is 51.2 Å². The van der Waals surface area contributed by atoms with E-state index < -0.39 is 0 Å². The Bertz CT molecular complexity index is 1000. The number of aromatic nitrogens is 3. The van der Waals surface area contributed by atoms with Gasteiger partial charge in [0.15, 0.2) is 11.0 Å². The van der Waals surface area contributed by atoms with Crippen molar-refractivity contribution in [1.29, 1.82) is 0 Å². The third kappa shape index (κ3) is 5.24. The second-order valence-electron chi connectivity index (χ2n) is 7.53. The summed E-state index contributed by atoms with van der Waals surface area (Å²) in [5.41, 5.74) is 2.95. The monoisotopic (exact) mass is 442 g/mol. The number of nitrogens with one attached hydrogen (secondary N) is 1. The molecular formula is C23H27ClN4OS. The predicted molar refractivity (Wildman–Crippen MR) is 123 cm³/mol. The fourth-order valence-corrected chi connectivity index (χ4v) is 4.35. The SMILES string of the molecule is CCn1c(SCc2ccc(C)cc2)nnc1[C@H](NC(=O)c1ccccc1Cl)C(C)C. The second kappa shape index (κ2) is 10.1. The molecule has 2 aromatic carbocycles. The van der Waals surface area contributed by atoms with Crippen LogP contribution in [0.5, 0.6) is 0 Å². The molecule has 0 aliphatic carbocycles. The van der Waals surface area contributed by atoms with Crippen molar-refractivity contribution in [3.05, 3.63) is 76.1 Å². The van der Waals surface area contributed by atoms with Gasteiger partial charge in [0, 0.05) is 12.3 Å². The van der Waals surface area contributed by atoms with Crippen molar-refractivity contribution in [2.24, 2.45) is 5.92 Å². The Hall–Kier alpha value is -2.31. The van der Waals surface area contributed by atoms with Crippen molar-refractivity contribution < 1.29 is 4.79 Å². The molecule has 7 heteroatoms. The number of hydrogen-bond acceptors (Lipinski definition) is 4. The van der Waals surface area contributed by atoms with Gasteiger partial charge in [-0.2, -0.15) is 0 Å². The van der Waals surface area contributed by atoms with Crippen LogP contribution in [-0.4, -0.2) is 20.7 Å². The summed E-state index contributed by atoms with van der Waals surface area (Å²) in [4.78, 5) is 12.8. The van der Waals surface area contributed by atoms with E-state index in [2.05, 4.69) is 72.0 Å². The Morgan fingerprint density at radius 1 is 1.13 bits per heavy atom. The Labute approximate surface area is 187 Å². The van der Waals surface area contributed by atoms with Gasteiger partial charge < -0.3 is 9.88 Å². The van der Waals surface area contributed by atoms with E-state index in [9.17, 15) is 4.79 Å². The molecule has 0 saturated carbocycles. The lowest BCUT2D eigenvalue weighted by Crippen LogP contribution is -2.34. The molecule has 0 aliphatic rings. The number of benzene rings is 2. The quantitative estimate of drug-likeness (QED) is 0.456. The molecule has 1 heterocycles. The number of hydrogen-bond donors (Lipinski definition) is 1. The van der Waals surface area contributed by atoms with Gasteiger partial charge >= 0.3 is 0 Å². The minimum absolute atomic E-state index is 0.140. The van der Waals surface area contributed by atoms with Crippen LogP contribution in [0.1, 0.15) is 54.1 Å². The van der Waals surface area contributed by atoms with Gasteiger partial charge in [0.25, 0.3) is 5.91 Å². The molecule has 1 N–H and O–H groups in total. The van der Waals surface area contributed by atoms with Crippen LogP contribution in [0.15, 0.2) is 53.7 Å². The normalized spacial score (nSPS) is 12.2. The molecule has 0 fully saturated rings. The third-order valence-electron chi connectivity index (χ3n) is 4.90. The molecule has 0 unspecified atom stereocenters. The van der Waals surface area contributed by atoms with E-state index >= 15 is 0 Å². The predicted octanol–water partition coefficient (Wildman–Crippen LogP) is 5.68. The summed E-state index contributed by atoms with van der Waals surface area (Å²) >= 11 is 7.86. The van der Waals surface area contributed by atoms with Gasteiger partial charge in [-0.1, -0.05) is 79.2 Å². The van der Waals surface area contributed by atoms with E-state index in [0.29, 0.717) is 10.6 Å². The maximum Gasteiger partial charge on any atom is 0.253 e. The van der Waals surface area contributed by atoms with Gasteiger partial charge in [-0.15, -0.1) is 10.2 Å². The smallest absolute Gasteiger partial charge is 0.253 e. The molecule has 0 bridgehead atoms. The number of rotatable bonds is 8. The van der Waals surface area contributed by atoms with E-state index in [-0.39, 0.29) is 17.9 Å². The first-order valence-corrected chi connectivity index (χ1v) is 11.4. The van der Waals surface area contributed by atoms with E-state index in [1.54, 1.807) is 30.0 Å². The standard InChI is InChI=1S/C23H27ClN4OS/c1-5-28-21(26-27-23(28)30-14-17-12-10-16(4)11-13-17)20(15(2)3)25-22(29)18-8-6-7-9-19(18)24/h6-13,15,20H,5,14H2,1-4H3,(H,25,29)/t20-/m1/s1. The third-order valence-corrected chi connectivity index (χ3v) is 6.27. The van der Waals surface area contributed by atoms with Gasteiger partial charge in [0.2, 0.25) is 0 Å². The molecule has 0 spiro atoms. The van der Waals surface area contributed by atoms with Crippen molar-refractivity contribution in [2.75, 3.05) is 0 Å². The van der Waals surface area contributed by atoms with Crippen LogP contribution < -0.4 is 5.32 Å². The van der Waals surface area contributed by atoms with E-state index in [1.807, 2.05) is 6.07 Å². The molecule has 3 aromatic rings. The molecular weight excluding hydrogens is 416 g/mol. The van der Waals surface area contributed by atoms with Crippen molar-refractivity contribution in [3.63, 3.8) is 0 Å². The van der Waals surface area contributed by atoms with Gasteiger partial charge in [-0.3, -0.25) is 4.79 Å². The second-order valence-corrected chi connectivity index (χ2v) is 8.88. The highest BCUT2D eigenvalue weighted by Gasteiger charge is 2.26. The lowest BCUT2D eigenvalue weighted by Gasteiger charge is -2.22. The lowest BCUT2D eigenvalue weighted by molar-refractivity contribution is 0.0922. The highest BCUT2D eigenvalue weighted by molar-refractivity contribution is 7.98. The summed E-state index contributed by atoms with van der Waals surface area (Å²) in [6.07, 6.45) is 0. The zero-order chi connectivity index (χ0) is 21.7. The van der Waals surface area contributed by atoms with Gasteiger partial charge in [0.1, 0.15) is 0 Å². The first kappa shape index (κ1) is 22.4. The maximum atomic E-state index is 12.8. The Kier molecular flexibility index (Phi) is 7.56. The van der Waals surface area contributed by atoms with Gasteiger partial charge in [-0.25, -0.2) is 0 Å². The molecule has 1 aromatic heterocycles. The van der Waals surface area contributed by atoms with Gasteiger partial charge in [0.05, 0.1) is 16.6 Å². The highest BCUT2D eigenvalue weighted by Crippen LogP contribution is 2.28. The average molecular weight is 443 g/mol. The largest absolute Gasteiger partial charge is 0.342 e. The van der Waals surface area contributed by atoms with Crippen LogP contribution in [-0.2, 0) is 12.3 Å². The zero-order valence-electron chi connectivity index (χ0n) is 17.7. The highest BCUT2D eigenvalue weighted by atomic mass is 35.5. The molecule has 1 amide bonds. The first-order chi connectivity index (χ1) is 14.4. The van der Waals surface area contributed by atoms with Crippen LogP contribution >= 0.6 is 23.4 Å². The number of carbonyl (C=O) groups excluding carboxylic acids is 1. The molecule has 1 atom stereocenters. The molecule has 158 valence electrons. The Morgan fingerprint density at radius 2 is 1.83 bits per heavy atom. The summed E-state index contributed by atoms with van der Waals surface area (Å²) in [5, 5.41) is 13.3. The fraction of sp³-hybridized carbons (Fsp3) is 0.348. The topological polar surface area (TPSA) is 59.8 Å². The number of amides is 1. The molecule has 30 heavy (non-hydrogen) atoms. The van der Waals surface area contributed by atoms with Crippen LogP contribution in [0.4, 0.5) is 0 Å². The van der Waals surface area contributed by atoms with E-state index in [1.165, 1.54) is 11.1 Å². The van der Waals surface area contributed by atoms with Gasteiger partial charge in [-0.05, 0) is 37.5 Å². The fourth-order valence-electron chi connectivity index (χ4n) is 3.16. The molecule has 0 radical (unpaired) electrons. The summed E-state index contributed by atoms with van der Waals surface area (Å²) < 4.78 is 2.08. The minimum atomic E-state index is -0.269. The van der Waals surface area contributed by atoms with Crippen molar-refractivity contribution in [3.8, 4) is 0 Å². The zero-order valence-corrected chi connectivity index (χ0v) is 19.3. The lowest BCUT2D eigenvalue weighted by atomic mass is 10.0. The molecule has 0 saturated heterocycles. The summed E-state index contributed by atoms with van der Waals surface area (Å²) in [6.45, 7) is 9.00. The number of halogens is 1. The van der Waals surface area contributed by atoms with Crippen LogP contribution in [0.2, 0.25) is 5.02 Å². The van der Waals surface area contributed by atoms with E-state index in [4.69, 9.17) is 11.6 Å². The van der Waals surface area contributed by atoms with Crippen LogP contribution in [0, 0.1) is 12.8 Å². The number of thioether (sulfide) groups is 1. The van der Waals surface area contributed by atoms with E-state index in [0.717, 1.165) is 23.3 Å². The minimum Gasteiger partial charge on any atom is -0.342 e. The van der Waals surface area contributed by atoms with Crippen molar-refractivity contribution >= 4 is 29.3 Å². The van der Waals surface area contributed by atoms with Crippen LogP contribution in [0.3, 0.4) is 0 Å². The number of carbonyl (C=O) groups is 1. The molecule has 5 nitrogen and oxygen atoms in total. The Balaban J connectivity index is 1.80.